The van der Waals surface area contributed by atoms with Crippen LogP contribution in [-0.2, 0) is 11.8 Å². The van der Waals surface area contributed by atoms with E-state index in [4.69, 9.17) is 27.1 Å². The van der Waals surface area contributed by atoms with Gasteiger partial charge in [0, 0.05) is 44.4 Å². The molecule has 3 heterocycles. The van der Waals surface area contributed by atoms with Gasteiger partial charge < -0.3 is 25.5 Å². The number of nitrogens with zero attached hydrogens (tertiary/aromatic N) is 5. The zero-order chi connectivity index (χ0) is 28.6. The topological polar surface area (TPSA) is 122 Å². The minimum atomic E-state index is -0.972. The number of hydrogen-bond acceptors (Lipinski definition) is 7. The molecule has 5 rings (SSSR count). The number of benzene rings is 1. The number of hydrogen-bond donors (Lipinski definition) is 3. The second-order valence-electron chi connectivity index (χ2n) is 11.2. The maximum atomic E-state index is 12.2. The third-order valence-electron chi connectivity index (χ3n) is 7.29. The maximum absolute atomic E-state index is 12.2. The molecule has 0 spiro atoms. The molecular formula is C29H36ClN7O3. The number of piperazine rings is 1. The molecular weight excluding hydrogens is 530 g/mol. The van der Waals surface area contributed by atoms with E-state index in [0.717, 1.165) is 33.7 Å². The van der Waals surface area contributed by atoms with Gasteiger partial charge in [0.05, 0.1) is 41.6 Å². The molecule has 3 aromatic rings. The Morgan fingerprint density at radius 2 is 1.98 bits per heavy atom. The molecule has 40 heavy (non-hydrogen) atoms. The molecule has 1 fully saturated rings. The van der Waals surface area contributed by atoms with Gasteiger partial charge in [-0.1, -0.05) is 23.7 Å². The summed E-state index contributed by atoms with van der Waals surface area (Å²) in [6.45, 7) is 8.41. The van der Waals surface area contributed by atoms with E-state index in [1.165, 1.54) is 0 Å². The van der Waals surface area contributed by atoms with Crippen LogP contribution in [-0.4, -0.2) is 73.7 Å². The molecule has 1 saturated heterocycles. The second-order valence-corrected chi connectivity index (χ2v) is 11.6. The van der Waals surface area contributed by atoms with Crippen molar-refractivity contribution in [3.05, 3.63) is 82.2 Å². The lowest BCUT2D eigenvalue weighted by Gasteiger charge is -2.42. The average Bonchev–Trinajstić information content (AvgIpc) is 3.26. The number of imidazole rings is 1. The van der Waals surface area contributed by atoms with Gasteiger partial charge in [-0.2, -0.15) is 0 Å². The quantitative estimate of drug-likeness (QED) is 0.391. The number of ether oxygens (including phenoxy) is 1. The van der Waals surface area contributed by atoms with Crippen LogP contribution in [0.25, 0.3) is 11.6 Å². The van der Waals surface area contributed by atoms with Gasteiger partial charge >= 0.3 is 6.03 Å². The van der Waals surface area contributed by atoms with E-state index in [-0.39, 0.29) is 6.04 Å². The van der Waals surface area contributed by atoms with Gasteiger partial charge in [-0.3, -0.25) is 14.8 Å². The first kappa shape index (κ1) is 28.3. The Morgan fingerprint density at radius 3 is 2.62 bits per heavy atom. The van der Waals surface area contributed by atoms with Gasteiger partial charge in [0.25, 0.3) is 0 Å². The van der Waals surface area contributed by atoms with Crippen LogP contribution >= 0.6 is 11.6 Å². The van der Waals surface area contributed by atoms with Crippen molar-refractivity contribution >= 4 is 29.3 Å². The van der Waals surface area contributed by atoms with E-state index < -0.39 is 24.1 Å². The zero-order valence-electron chi connectivity index (χ0n) is 23.2. The van der Waals surface area contributed by atoms with E-state index in [2.05, 4.69) is 21.3 Å². The summed E-state index contributed by atoms with van der Waals surface area (Å²) < 4.78 is 7.66. The number of nitrogens with two attached hydrogens (primary N) is 1. The number of rotatable bonds is 6. The summed E-state index contributed by atoms with van der Waals surface area (Å²) in [5.74, 6) is 0. The van der Waals surface area contributed by atoms with Gasteiger partial charge in [0.2, 0.25) is 6.41 Å². The maximum Gasteiger partial charge on any atom is 0.312 e. The highest BCUT2D eigenvalue weighted by Crippen LogP contribution is 2.44. The van der Waals surface area contributed by atoms with E-state index in [1.807, 2.05) is 67.6 Å². The first-order chi connectivity index (χ1) is 19.0. The van der Waals surface area contributed by atoms with Crippen LogP contribution in [0.5, 0.6) is 0 Å². The number of aliphatic hydroxyl groups is 1. The van der Waals surface area contributed by atoms with Crippen molar-refractivity contribution in [2.24, 2.45) is 12.8 Å². The van der Waals surface area contributed by atoms with Gasteiger partial charge in [-0.25, -0.2) is 9.78 Å². The van der Waals surface area contributed by atoms with Crippen molar-refractivity contribution in [2.45, 2.75) is 44.9 Å². The molecule has 3 atom stereocenters. The number of carbonyl (C=O) groups excluding carboxylic acids is 1. The lowest BCUT2D eigenvalue weighted by molar-refractivity contribution is -0.244. The highest BCUT2D eigenvalue weighted by Gasteiger charge is 2.36. The third kappa shape index (κ3) is 5.91. The number of carbonyl (C=O) groups is 1. The standard InChI is InChI=1S/C29H36ClN7O3/c1-29(2,3)40-28(39)37-12-10-36(11-13-37)26-20-8-7-19(30)15-21(20)22(14-18-6-5-9-33-24(18)26)25(34-27(31)38)23-16-32-17-35(23)4/h5-9,14-17,25-26,28,39H,10-13H2,1-4H3,(H3,31,34,38)/t25?,26-,28?/m0/s1. The van der Waals surface area contributed by atoms with Crippen molar-refractivity contribution in [3.63, 3.8) is 0 Å². The predicted molar refractivity (Wildman–Crippen MR) is 154 cm³/mol. The fraction of sp³-hybridized carbons (Fsp3) is 0.414. The van der Waals surface area contributed by atoms with Crippen LogP contribution in [0.2, 0.25) is 5.02 Å². The summed E-state index contributed by atoms with van der Waals surface area (Å²) >= 11 is 6.58. The number of aliphatic hydroxyl groups excluding tert-OH is 1. The number of pyridine rings is 1. The number of aromatic nitrogens is 3. The van der Waals surface area contributed by atoms with Gasteiger partial charge in [0.15, 0.2) is 0 Å². The molecule has 4 N–H and O–H groups in total. The normalized spacial score (nSPS) is 19.6. The van der Waals surface area contributed by atoms with Gasteiger partial charge in [-0.05, 0) is 67.3 Å². The number of primary amides is 1. The van der Waals surface area contributed by atoms with Crippen LogP contribution in [0.15, 0.2) is 49.1 Å². The molecule has 0 saturated carbocycles. The van der Waals surface area contributed by atoms with Crippen molar-refractivity contribution in [1.29, 1.82) is 0 Å². The molecule has 2 amide bonds. The van der Waals surface area contributed by atoms with Crippen LogP contribution in [0, 0.1) is 0 Å². The third-order valence-corrected chi connectivity index (χ3v) is 7.53. The molecule has 2 unspecified atom stereocenters. The molecule has 1 aliphatic heterocycles. The van der Waals surface area contributed by atoms with Crippen LogP contribution in [0.3, 0.4) is 0 Å². The van der Waals surface area contributed by atoms with E-state index >= 15 is 0 Å². The lowest BCUT2D eigenvalue weighted by atomic mass is 9.90. The largest absolute Gasteiger partial charge is 0.356 e. The molecule has 11 heteroatoms. The summed E-state index contributed by atoms with van der Waals surface area (Å²) in [6, 6.07) is 8.40. The Kier molecular flexibility index (Phi) is 7.98. The van der Waals surface area contributed by atoms with Crippen molar-refractivity contribution < 1.29 is 14.6 Å². The second kappa shape index (κ2) is 11.3. The van der Waals surface area contributed by atoms with Crippen molar-refractivity contribution in [1.82, 2.24) is 29.7 Å². The average molecular weight is 566 g/mol. The zero-order valence-corrected chi connectivity index (χ0v) is 24.0. The Bertz CT molecular complexity index is 1410. The van der Waals surface area contributed by atoms with Crippen LogP contribution in [0.4, 0.5) is 4.79 Å². The Balaban J connectivity index is 1.57. The highest BCUT2D eigenvalue weighted by molar-refractivity contribution is 6.30. The Hall–Kier alpha value is -3.28. The smallest absolute Gasteiger partial charge is 0.312 e. The Morgan fingerprint density at radius 1 is 1.23 bits per heavy atom. The molecule has 1 aliphatic carbocycles. The molecule has 10 nitrogen and oxygen atoms in total. The summed E-state index contributed by atoms with van der Waals surface area (Å²) in [5.41, 5.74) is 10.6. The van der Waals surface area contributed by atoms with Crippen LogP contribution in [0.1, 0.15) is 60.9 Å². The molecule has 2 aliphatic rings. The van der Waals surface area contributed by atoms with Gasteiger partial charge in [0.1, 0.15) is 0 Å². The summed E-state index contributed by atoms with van der Waals surface area (Å²) in [5, 5.41) is 14.2. The highest BCUT2D eigenvalue weighted by atomic mass is 35.5. The fourth-order valence-electron chi connectivity index (χ4n) is 5.50. The number of amides is 2. The Labute approximate surface area is 239 Å². The van der Waals surface area contributed by atoms with Crippen molar-refractivity contribution in [3.8, 4) is 0 Å². The number of urea groups is 1. The molecule has 212 valence electrons. The molecule has 1 aromatic carbocycles. The predicted octanol–water partition coefficient (Wildman–Crippen LogP) is 3.53. The van der Waals surface area contributed by atoms with Gasteiger partial charge in [-0.15, -0.1) is 0 Å². The number of halogens is 1. The first-order valence-electron chi connectivity index (χ1n) is 13.3. The molecule has 0 bridgehead atoms. The first-order valence-corrected chi connectivity index (χ1v) is 13.7. The number of fused-ring (bicyclic) bond motifs is 2. The number of nitrogens with one attached hydrogen (secondary N) is 1. The summed E-state index contributed by atoms with van der Waals surface area (Å²) in [4.78, 5) is 25.7. The minimum absolute atomic E-state index is 0.180. The summed E-state index contributed by atoms with van der Waals surface area (Å²) in [7, 11) is 1.88. The fourth-order valence-corrected chi connectivity index (χ4v) is 5.68. The molecule has 0 radical (unpaired) electrons. The summed E-state index contributed by atoms with van der Waals surface area (Å²) in [6.07, 6.45) is 6.31. The van der Waals surface area contributed by atoms with E-state index in [0.29, 0.717) is 31.2 Å². The molecule has 2 aromatic heterocycles. The monoisotopic (exact) mass is 565 g/mol. The van der Waals surface area contributed by atoms with E-state index in [1.54, 1.807) is 18.7 Å². The SMILES string of the molecule is Cn1cncc1C(NC(N)=O)C1=Cc2cccnc2[C@@H](N2CCN(C(O)OC(C)(C)C)CC2)c2ccc(Cl)cc21. The van der Waals surface area contributed by atoms with Crippen molar-refractivity contribution in [2.75, 3.05) is 26.2 Å². The minimum Gasteiger partial charge on any atom is -0.356 e. The van der Waals surface area contributed by atoms with E-state index in [9.17, 15) is 9.90 Å². The number of aryl methyl sites for hydroxylation is 1. The van der Waals surface area contributed by atoms with Crippen LogP contribution < -0.4 is 11.1 Å². The lowest BCUT2D eigenvalue weighted by Crippen LogP contribution is -2.53.